The number of hydrogen-bond donors (Lipinski definition) is 0. The molecular formula is C19H21NO4. The molecule has 1 unspecified atom stereocenters. The number of aromatic nitrogens is 1. The lowest BCUT2D eigenvalue weighted by molar-refractivity contribution is -0.169. The predicted molar refractivity (Wildman–Crippen MR) is 88.8 cm³/mol. The van der Waals surface area contributed by atoms with E-state index in [-0.39, 0.29) is 13.0 Å². The van der Waals surface area contributed by atoms with Gasteiger partial charge in [0.05, 0.1) is 0 Å². The Kier molecular flexibility index (Phi) is 6.95. The molecule has 0 aliphatic rings. The lowest BCUT2D eigenvalue weighted by atomic mass is 10.1. The summed E-state index contributed by atoms with van der Waals surface area (Å²) >= 11 is 0. The van der Waals surface area contributed by atoms with Crippen molar-refractivity contribution >= 4 is 11.9 Å². The third-order valence-corrected chi connectivity index (χ3v) is 3.43. The van der Waals surface area contributed by atoms with E-state index in [4.69, 9.17) is 9.47 Å². The molecule has 24 heavy (non-hydrogen) atoms. The number of carbonyl (C=O) groups excluding carboxylic acids is 2. The highest BCUT2D eigenvalue weighted by molar-refractivity contribution is 5.80. The van der Waals surface area contributed by atoms with Crippen LogP contribution in [0.25, 0.3) is 0 Å². The van der Waals surface area contributed by atoms with Gasteiger partial charge in [-0.3, -0.25) is 9.78 Å². The molecule has 0 saturated heterocycles. The molecule has 5 heteroatoms. The summed E-state index contributed by atoms with van der Waals surface area (Å²) in [5, 5.41) is 0. The Morgan fingerprint density at radius 3 is 2.46 bits per heavy atom. The molecule has 1 aromatic heterocycles. The SMILES string of the molecule is CCCCC(=O)OC(C(=O)OCc1ccccc1)c1ccncc1. The van der Waals surface area contributed by atoms with Crippen LogP contribution in [0.5, 0.6) is 0 Å². The maximum Gasteiger partial charge on any atom is 0.352 e. The van der Waals surface area contributed by atoms with Crippen molar-refractivity contribution in [3.05, 3.63) is 66.0 Å². The summed E-state index contributed by atoms with van der Waals surface area (Å²) in [5.74, 6) is -0.995. The molecule has 1 aromatic carbocycles. The van der Waals surface area contributed by atoms with Crippen LogP contribution in [0.2, 0.25) is 0 Å². The molecule has 0 spiro atoms. The van der Waals surface area contributed by atoms with Gasteiger partial charge in [-0.15, -0.1) is 0 Å². The third-order valence-electron chi connectivity index (χ3n) is 3.43. The fourth-order valence-corrected chi connectivity index (χ4v) is 2.11. The standard InChI is InChI=1S/C19H21NO4/c1-2-3-9-17(21)24-18(16-10-12-20-13-11-16)19(22)23-14-15-7-5-4-6-8-15/h4-8,10-13,18H,2-3,9,14H2,1H3. The van der Waals surface area contributed by atoms with Crippen molar-refractivity contribution in [2.45, 2.75) is 38.9 Å². The summed E-state index contributed by atoms with van der Waals surface area (Å²) in [5.41, 5.74) is 1.42. The fourth-order valence-electron chi connectivity index (χ4n) is 2.11. The number of ether oxygens (including phenoxy) is 2. The van der Waals surface area contributed by atoms with Crippen LogP contribution in [-0.4, -0.2) is 16.9 Å². The number of unbranched alkanes of at least 4 members (excludes halogenated alkanes) is 1. The van der Waals surface area contributed by atoms with Crippen molar-refractivity contribution in [2.24, 2.45) is 0 Å². The molecule has 0 saturated carbocycles. The Bertz CT molecular complexity index is 643. The highest BCUT2D eigenvalue weighted by Crippen LogP contribution is 2.20. The van der Waals surface area contributed by atoms with E-state index in [1.165, 1.54) is 0 Å². The van der Waals surface area contributed by atoms with Gasteiger partial charge in [-0.25, -0.2) is 4.79 Å². The second-order valence-corrected chi connectivity index (χ2v) is 5.35. The van der Waals surface area contributed by atoms with Gasteiger partial charge in [0.1, 0.15) is 6.61 Å². The molecular weight excluding hydrogens is 306 g/mol. The van der Waals surface area contributed by atoms with Crippen molar-refractivity contribution in [1.29, 1.82) is 0 Å². The number of carbonyl (C=O) groups is 2. The summed E-state index contributed by atoms with van der Waals surface area (Å²) in [4.78, 5) is 28.2. The van der Waals surface area contributed by atoms with Crippen LogP contribution in [0.15, 0.2) is 54.9 Å². The molecule has 2 aromatic rings. The van der Waals surface area contributed by atoms with Gasteiger partial charge in [0.25, 0.3) is 0 Å². The molecule has 2 rings (SSSR count). The summed E-state index contributed by atoms with van der Waals surface area (Å²) in [7, 11) is 0. The number of nitrogens with zero attached hydrogens (tertiary/aromatic N) is 1. The van der Waals surface area contributed by atoms with Gasteiger partial charge >= 0.3 is 11.9 Å². The van der Waals surface area contributed by atoms with Crippen molar-refractivity contribution in [3.8, 4) is 0 Å². The fraction of sp³-hybridized carbons (Fsp3) is 0.316. The first-order valence-electron chi connectivity index (χ1n) is 8.00. The van der Waals surface area contributed by atoms with Crippen LogP contribution in [0.3, 0.4) is 0 Å². The van der Waals surface area contributed by atoms with Crippen LogP contribution in [0.4, 0.5) is 0 Å². The van der Waals surface area contributed by atoms with E-state index in [0.29, 0.717) is 5.56 Å². The molecule has 5 nitrogen and oxygen atoms in total. The van der Waals surface area contributed by atoms with Crippen LogP contribution in [-0.2, 0) is 25.7 Å². The zero-order valence-corrected chi connectivity index (χ0v) is 13.7. The molecule has 0 aliphatic carbocycles. The van der Waals surface area contributed by atoms with E-state index in [9.17, 15) is 9.59 Å². The lowest BCUT2D eigenvalue weighted by Crippen LogP contribution is -2.22. The van der Waals surface area contributed by atoms with Crippen molar-refractivity contribution < 1.29 is 19.1 Å². The second kappa shape index (κ2) is 9.45. The molecule has 0 N–H and O–H groups in total. The van der Waals surface area contributed by atoms with Gasteiger partial charge in [0.15, 0.2) is 0 Å². The lowest BCUT2D eigenvalue weighted by Gasteiger charge is -2.17. The van der Waals surface area contributed by atoms with Crippen LogP contribution in [0.1, 0.15) is 43.4 Å². The van der Waals surface area contributed by atoms with Crippen molar-refractivity contribution in [1.82, 2.24) is 4.98 Å². The number of rotatable bonds is 8. The van der Waals surface area contributed by atoms with Gasteiger partial charge in [0, 0.05) is 24.4 Å². The van der Waals surface area contributed by atoms with Crippen molar-refractivity contribution in [3.63, 3.8) is 0 Å². The number of pyridine rings is 1. The molecule has 0 radical (unpaired) electrons. The van der Waals surface area contributed by atoms with E-state index in [1.807, 2.05) is 37.3 Å². The average molecular weight is 327 g/mol. The Balaban J connectivity index is 2.04. The third kappa shape index (κ3) is 5.50. The Hall–Kier alpha value is -2.69. The largest absolute Gasteiger partial charge is 0.458 e. The van der Waals surface area contributed by atoms with Gasteiger partial charge in [0.2, 0.25) is 6.10 Å². The van der Waals surface area contributed by atoms with Crippen LogP contribution >= 0.6 is 0 Å². The minimum atomic E-state index is -1.07. The molecule has 0 fully saturated rings. The maximum absolute atomic E-state index is 12.4. The van der Waals surface area contributed by atoms with E-state index >= 15 is 0 Å². The molecule has 1 atom stereocenters. The molecule has 1 heterocycles. The van der Waals surface area contributed by atoms with Crippen LogP contribution < -0.4 is 0 Å². The monoisotopic (exact) mass is 327 g/mol. The number of esters is 2. The first-order chi connectivity index (χ1) is 11.7. The Morgan fingerprint density at radius 2 is 1.79 bits per heavy atom. The highest BCUT2D eigenvalue weighted by atomic mass is 16.6. The highest BCUT2D eigenvalue weighted by Gasteiger charge is 2.26. The smallest absolute Gasteiger partial charge is 0.352 e. The molecule has 0 bridgehead atoms. The quantitative estimate of drug-likeness (QED) is 0.693. The van der Waals surface area contributed by atoms with E-state index < -0.39 is 18.0 Å². The molecule has 0 aliphatic heterocycles. The summed E-state index contributed by atoms with van der Waals surface area (Å²) in [6, 6.07) is 12.6. The topological polar surface area (TPSA) is 65.5 Å². The maximum atomic E-state index is 12.4. The van der Waals surface area contributed by atoms with Crippen LogP contribution in [0, 0.1) is 0 Å². The minimum Gasteiger partial charge on any atom is -0.458 e. The zero-order chi connectivity index (χ0) is 17.2. The first kappa shape index (κ1) is 17.7. The van der Waals surface area contributed by atoms with E-state index in [0.717, 1.165) is 18.4 Å². The van der Waals surface area contributed by atoms with Crippen molar-refractivity contribution in [2.75, 3.05) is 0 Å². The average Bonchev–Trinajstić information content (AvgIpc) is 2.64. The Labute approximate surface area is 141 Å². The second-order valence-electron chi connectivity index (χ2n) is 5.35. The van der Waals surface area contributed by atoms with Gasteiger partial charge in [-0.2, -0.15) is 0 Å². The predicted octanol–water partition coefficient (Wildman–Crippen LogP) is 3.60. The molecule has 0 amide bonds. The number of benzene rings is 1. The van der Waals surface area contributed by atoms with Gasteiger partial charge in [-0.05, 0) is 24.1 Å². The number of hydrogen-bond acceptors (Lipinski definition) is 5. The van der Waals surface area contributed by atoms with E-state index in [1.54, 1.807) is 24.5 Å². The van der Waals surface area contributed by atoms with E-state index in [2.05, 4.69) is 4.98 Å². The summed E-state index contributed by atoms with van der Waals surface area (Å²) in [6.45, 7) is 2.12. The molecule has 126 valence electrons. The normalized spacial score (nSPS) is 11.5. The Morgan fingerprint density at radius 1 is 1.08 bits per heavy atom. The summed E-state index contributed by atoms with van der Waals surface area (Å²) in [6.07, 6.45) is 3.92. The minimum absolute atomic E-state index is 0.133. The van der Waals surface area contributed by atoms with Gasteiger partial charge < -0.3 is 9.47 Å². The van der Waals surface area contributed by atoms with Gasteiger partial charge in [-0.1, -0.05) is 43.7 Å². The first-order valence-corrected chi connectivity index (χ1v) is 8.00. The zero-order valence-electron chi connectivity index (χ0n) is 13.7. The summed E-state index contributed by atoms with van der Waals surface area (Å²) < 4.78 is 10.7.